The van der Waals surface area contributed by atoms with E-state index in [1.165, 1.54) is 181 Å². The van der Waals surface area contributed by atoms with Crippen LogP contribution in [-0.4, -0.2) is 58.7 Å². The molecule has 3 saturated carbocycles. The number of hydrogen-bond acceptors (Lipinski definition) is 18. The molecule has 11 aromatic rings. The fourth-order valence-corrected chi connectivity index (χ4v) is 21.2. The summed E-state index contributed by atoms with van der Waals surface area (Å²) in [6, 6.07) is 64.4. The summed E-state index contributed by atoms with van der Waals surface area (Å²) in [5.74, 6) is 0.200. The number of carbonyl (C=O) groups is 9. The number of ketones is 6. The van der Waals surface area contributed by atoms with Crippen LogP contribution in [0.4, 0.5) is 51.2 Å². The number of unbranched alkanes of at least 4 members (excludes halogenated alkanes) is 10. The third-order valence-corrected chi connectivity index (χ3v) is 29.3. The molecule has 17 rings (SSSR count). The highest BCUT2D eigenvalue weighted by Gasteiger charge is 2.41. The van der Waals surface area contributed by atoms with Crippen LogP contribution in [0.15, 0.2) is 212 Å². The van der Waals surface area contributed by atoms with Gasteiger partial charge in [-0.05, 0) is 252 Å². The zero-order chi connectivity index (χ0) is 97.6. The monoisotopic (exact) mass is 1870 g/mol. The lowest BCUT2D eigenvalue weighted by Gasteiger charge is -2.29. The predicted octanol–water partition coefficient (Wildman–Crippen LogP) is 29.2. The summed E-state index contributed by atoms with van der Waals surface area (Å²) in [5.41, 5.74) is 31.6. The number of benzene rings is 11. The molecule has 6 aliphatic rings. The van der Waals surface area contributed by atoms with Crippen LogP contribution in [0.1, 0.15) is 407 Å². The Balaban J connectivity index is 0.000000158. The smallest absolute Gasteiger partial charge is 0.345 e. The van der Waals surface area contributed by atoms with E-state index in [1.54, 1.807) is 78.9 Å². The van der Waals surface area contributed by atoms with Gasteiger partial charge in [0.05, 0.1) is 84.2 Å². The highest BCUT2D eigenvalue weighted by atomic mass is 16.5. The van der Waals surface area contributed by atoms with Crippen molar-refractivity contribution in [2.75, 3.05) is 33.2 Å². The van der Waals surface area contributed by atoms with Crippen molar-refractivity contribution < 1.29 is 57.4 Å². The lowest BCUT2D eigenvalue weighted by atomic mass is 9.77. The highest BCUT2D eigenvalue weighted by molar-refractivity contribution is 6.35. The minimum atomic E-state index is -0.690. The van der Waals surface area contributed by atoms with Crippen molar-refractivity contribution in [3.8, 4) is 11.5 Å². The van der Waals surface area contributed by atoms with Crippen LogP contribution < -0.4 is 42.6 Å². The van der Waals surface area contributed by atoms with E-state index in [0.717, 1.165) is 106 Å². The molecule has 0 saturated heterocycles. The lowest BCUT2D eigenvalue weighted by Crippen LogP contribution is -2.27. The number of rotatable bonds is 36. The van der Waals surface area contributed by atoms with Gasteiger partial charge >= 0.3 is 17.9 Å². The minimum Gasteiger partial charge on any atom is -0.459 e. The molecule has 0 heterocycles. The van der Waals surface area contributed by atoms with Crippen molar-refractivity contribution >= 4 is 104 Å². The molecule has 0 atom stereocenters. The van der Waals surface area contributed by atoms with Gasteiger partial charge in [0, 0.05) is 50.4 Å². The molecule has 0 amide bonds. The molecule has 18 heteroatoms. The fraction of sp³-hybridized carbons (Fsp3) is 0.380. The number of fused-ring (bicyclic) bond motifs is 6. The first-order valence-electron chi connectivity index (χ1n) is 51.5. The van der Waals surface area contributed by atoms with Gasteiger partial charge in [-0.1, -0.05) is 278 Å². The number of nitrogens with two attached hydrogens (primary N) is 3. The quantitative estimate of drug-likeness (QED) is 0.00920. The summed E-state index contributed by atoms with van der Waals surface area (Å²) in [4.78, 5) is 124. The number of esters is 3. The molecular weight excluding hydrogens is 1730 g/mol. The van der Waals surface area contributed by atoms with Crippen molar-refractivity contribution in [3.63, 3.8) is 0 Å². The van der Waals surface area contributed by atoms with Crippen LogP contribution >= 0.6 is 0 Å². The highest BCUT2D eigenvalue weighted by Crippen LogP contribution is 2.47. The van der Waals surface area contributed by atoms with Crippen LogP contribution in [0.5, 0.6) is 11.5 Å². The second kappa shape index (κ2) is 47.8. The molecule has 722 valence electrons. The van der Waals surface area contributed by atoms with Crippen molar-refractivity contribution in [1.29, 1.82) is 0 Å². The van der Waals surface area contributed by atoms with Crippen LogP contribution in [0.2, 0.25) is 0 Å². The molecule has 0 unspecified atom stereocenters. The second-order valence-electron chi connectivity index (χ2n) is 39.0. The van der Waals surface area contributed by atoms with Gasteiger partial charge in [0.15, 0.2) is 34.7 Å². The van der Waals surface area contributed by atoms with E-state index < -0.39 is 29.5 Å². The molecule has 6 aliphatic carbocycles. The SMILES string of the molecule is CCCCCC1CCC(c2ccc(OC(=O)c3cc(Nc4ccc(CCCC)cc4)c4c(c3N)C(=O)c3ccccc3C4=O)cc2)CC1.CCCCCCCCc1ccc(Nc2cc(C(=O)OC3CCC(CCCC)CC3)c(N)c3c2C(=O)c2ccccc2C3=O)cc1.CCCCc1ccc(Nc2cc(C(=O)Oc3ccc(C4CCC(CCC)CC4)cc3)c(N)c3c2C(=O)c2ccccc2C3=O)cc1. The maximum Gasteiger partial charge on any atom is 0.345 e. The van der Waals surface area contributed by atoms with Gasteiger partial charge < -0.3 is 47.4 Å². The number of nitrogen functional groups attached to an aromatic ring is 3. The van der Waals surface area contributed by atoms with Crippen LogP contribution in [-0.2, 0) is 24.0 Å². The number of aryl methyl sites for hydroxylation is 3. The van der Waals surface area contributed by atoms with Crippen molar-refractivity contribution in [3.05, 3.63) is 324 Å². The minimum absolute atomic E-state index is 0.000630. The largest absolute Gasteiger partial charge is 0.459 e. The van der Waals surface area contributed by atoms with Gasteiger partial charge in [-0.15, -0.1) is 0 Å². The Morgan fingerprint density at radius 1 is 0.288 bits per heavy atom. The molecule has 11 aromatic carbocycles. The Kier molecular flexibility index (Phi) is 34.4. The Morgan fingerprint density at radius 3 is 0.914 bits per heavy atom. The van der Waals surface area contributed by atoms with Gasteiger partial charge in [-0.3, -0.25) is 28.8 Å². The van der Waals surface area contributed by atoms with Gasteiger partial charge in [0.2, 0.25) is 0 Å². The molecule has 0 aromatic heterocycles. The molecule has 3 fully saturated rings. The number of hydrogen-bond donors (Lipinski definition) is 6. The molecule has 0 spiro atoms. The molecule has 139 heavy (non-hydrogen) atoms. The normalized spacial score (nSPS) is 17.3. The number of ether oxygens (including phenoxy) is 3. The first-order valence-corrected chi connectivity index (χ1v) is 51.5. The Morgan fingerprint density at radius 2 is 0.576 bits per heavy atom. The molecule has 0 bridgehead atoms. The standard InChI is InChI=1S/C42H46N2O4.C40H42N2O4.C39H48N2O4/c1-3-5-7-11-28-14-18-29(19-15-28)30-20-24-32(25-21-30)48-42(47)35-26-36(44-31-22-16-27(17-23-31)10-6-4-2)37-38(39(35)43)41(46)34-13-9-8-12-33(34)40(37)45;1-3-5-9-26-14-20-29(21-15-26)42-34-24-33(37(41)36-35(34)38(43)31-10-6-7-11-32(31)39(36)44)40(45)46-30-22-18-28(19-23-30)27-16-12-25(8-4-2)13-17-27;1-3-5-7-8-9-10-14-27-17-21-28(22-18-27)41-33-25-32(39(44)45-29-23-19-26(20-24-29)13-6-4-2)36(40)35-34(33)37(42)30-15-11-12-16-31(30)38(35)43/h8-9,12-13,16-17,20-26,28-29,44H,3-7,10-11,14-15,18-19,43H2,1-2H3;6-7,10-11,14-15,18-25,27,42H,3-5,8-9,12-13,16-17,41H2,1-2H3;11-12,15-18,21-22,25-26,29,41H,3-10,13-14,19-20,23-24,40H2,1-2H3. The van der Waals surface area contributed by atoms with Crippen molar-refractivity contribution in [2.45, 2.75) is 278 Å². The predicted molar refractivity (Wildman–Crippen MR) is 558 cm³/mol. The summed E-state index contributed by atoms with van der Waals surface area (Å²) >= 11 is 0. The van der Waals surface area contributed by atoms with Crippen LogP contribution in [0, 0.1) is 17.8 Å². The number of anilines is 9. The fourth-order valence-electron chi connectivity index (χ4n) is 21.2. The maximum absolute atomic E-state index is 13.8. The van der Waals surface area contributed by atoms with Crippen LogP contribution in [0.25, 0.3) is 0 Å². The molecule has 0 radical (unpaired) electrons. The van der Waals surface area contributed by atoms with E-state index in [9.17, 15) is 43.2 Å². The molecule has 9 N–H and O–H groups in total. The maximum atomic E-state index is 13.8. The van der Waals surface area contributed by atoms with Crippen LogP contribution in [0.3, 0.4) is 0 Å². The Labute approximate surface area is 820 Å². The van der Waals surface area contributed by atoms with Gasteiger partial charge in [-0.25, -0.2) is 14.4 Å². The average molecular weight is 1870 g/mol. The van der Waals surface area contributed by atoms with E-state index in [2.05, 4.69) is 81.8 Å². The third-order valence-electron chi connectivity index (χ3n) is 29.3. The van der Waals surface area contributed by atoms with E-state index in [-0.39, 0.29) is 107 Å². The van der Waals surface area contributed by atoms with Crippen molar-refractivity contribution in [2.24, 2.45) is 17.8 Å². The first-order chi connectivity index (χ1) is 67.6. The second-order valence-corrected chi connectivity index (χ2v) is 39.0. The zero-order valence-electron chi connectivity index (χ0n) is 81.8. The molecule has 18 nitrogen and oxygen atoms in total. The summed E-state index contributed by atoms with van der Waals surface area (Å²) in [6.07, 6.45) is 39.7. The summed E-state index contributed by atoms with van der Waals surface area (Å²) in [7, 11) is 0. The average Bonchev–Trinajstić information content (AvgIpc) is 0.740. The third kappa shape index (κ3) is 24.0. The van der Waals surface area contributed by atoms with Gasteiger partial charge in [0.1, 0.15) is 17.6 Å². The van der Waals surface area contributed by atoms with Gasteiger partial charge in [0.25, 0.3) is 0 Å². The van der Waals surface area contributed by atoms with Gasteiger partial charge in [-0.2, -0.15) is 0 Å². The van der Waals surface area contributed by atoms with Crippen molar-refractivity contribution in [1.82, 2.24) is 0 Å². The van der Waals surface area contributed by atoms with E-state index >= 15 is 0 Å². The Bertz CT molecular complexity index is 6230. The molecular formula is C121H136N6O12. The summed E-state index contributed by atoms with van der Waals surface area (Å²) < 4.78 is 17.6. The Hall–Kier alpha value is -13.4. The lowest BCUT2D eigenvalue weighted by molar-refractivity contribution is 0.0161. The first kappa shape index (κ1) is 100. The number of nitrogens with one attached hydrogen (secondary N) is 3. The topological polar surface area (TPSA) is 295 Å². The van der Waals surface area contributed by atoms with E-state index in [4.69, 9.17) is 31.4 Å². The van der Waals surface area contributed by atoms with E-state index in [0.29, 0.717) is 68.6 Å². The van der Waals surface area contributed by atoms with E-state index in [1.807, 2.05) is 97.1 Å². The summed E-state index contributed by atoms with van der Waals surface area (Å²) in [6.45, 7) is 13.3. The zero-order valence-corrected chi connectivity index (χ0v) is 81.8. The number of carbonyl (C=O) groups excluding carboxylic acids is 9. The molecule has 0 aliphatic heterocycles. The summed E-state index contributed by atoms with van der Waals surface area (Å²) in [5, 5.41) is 9.96.